The molecule has 4 rings (SSSR count). The maximum absolute atomic E-state index is 4.77. The molecule has 6 bridgehead atoms. The topological polar surface area (TPSA) is 25.8 Å². The van der Waals surface area contributed by atoms with Gasteiger partial charge in [-0.25, -0.2) is 0 Å². The number of rotatable bonds is 0. The van der Waals surface area contributed by atoms with Crippen molar-refractivity contribution >= 4 is 0 Å². The summed E-state index contributed by atoms with van der Waals surface area (Å²) in [6.07, 6.45) is 5.67. The van der Waals surface area contributed by atoms with E-state index in [0.717, 1.165) is 48.5 Å². The quantitative estimate of drug-likeness (QED) is 0.446. The van der Waals surface area contributed by atoms with Gasteiger partial charge in [0.2, 0.25) is 0 Å². The standard InChI is InChI=1S/C21H18N2.Pt/c1-5-16-13-17(6-1)15-21-12-4-10-19(23-21)8-2-7-18-9-3-11-20(14-16)22-18;/h1-6,9-12H,7-8,14-15H2;/q-2;+2. The molecular formula is C21H18N2Pt. The summed E-state index contributed by atoms with van der Waals surface area (Å²) in [6, 6.07) is 22.5. The molecule has 0 aliphatic carbocycles. The van der Waals surface area contributed by atoms with Crippen LogP contribution in [0.4, 0.5) is 0 Å². The molecule has 24 heavy (non-hydrogen) atoms. The molecule has 1 aromatic carbocycles. The summed E-state index contributed by atoms with van der Waals surface area (Å²) in [6.45, 7) is 0. The van der Waals surface area contributed by atoms with Gasteiger partial charge in [-0.1, -0.05) is 12.1 Å². The van der Waals surface area contributed by atoms with Crippen LogP contribution in [0, 0.1) is 12.5 Å². The summed E-state index contributed by atoms with van der Waals surface area (Å²) in [5, 5.41) is 0. The average molecular weight is 493 g/mol. The third-order valence-corrected chi connectivity index (χ3v) is 4.09. The van der Waals surface area contributed by atoms with Crippen molar-refractivity contribution in [1.82, 2.24) is 9.97 Å². The van der Waals surface area contributed by atoms with E-state index >= 15 is 0 Å². The Kier molecular flexibility index (Phi) is 5.58. The van der Waals surface area contributed by atoms with E-state index < -0.39 is 0 Å². The molecule has 0 N–H and O–H groups in total. The molecule has 0 amide bonds. The normalized spacial score (nSPS) is 13.5. The summed E-state index contributed by atoms with van der Waals surface area (Å²) < 4.78 is 0. The van der Waals surface area contributed by atoms with Crippen LogP contribution in [0.25, 0.3) is 0 Å². The predicted molar refractivity (Wildman–Crippen MR) is 91.1 cm³/mol. The molecule has 3 heterocycles. The van der Waals surface area contributed by atoms with Gasteiger partial charge in [0.05, 0.1) is 0 Å². The molecule has 0 fully saturated rings. The SMILES string of the molecule is [Pt+2].[c-]1c2cccc1Cc1cccc(n1)C[CH-]Cc1cccc(n1)C2. The third-order valence-electron chi connectivity index (χ3n) is 4.09. The molecule has 0 unspecified atom stereocenters. The van der Waals surface area contributed by atoms with Crippen molar-refractivity contribution < 1.29 is 21.1 Å². The van der Waals surface area contributed by atoms with E-state index in [1.165, 1.54) is 11.1 Å². The first-order valence-corrected chi connectivity index (χ1v) is 8.06. The molecule has 3 aromatic rings. The maximum Gasteiger partial charge on any atom is 2.00 e. The van der Waals surface area contributed by atoms with Crippen LogP contribution in [0.2, 0.25) is 0 Å². The molecule has 0 spiro atoms. The summed E-state index contributed by atoms with van der Waals surface area (Å²) in [4.78, 5) is 9.55. The summed E-state index contributed by atoms with van der Waals surface area (Å²) in [7, 11) is 0. The summed E-state index contributed by atoms with van der Waals surface area (Å²) in [5.41, 5.74) is 6.82. The molecule has 0 radical (unpaired) electrons. The molecule has 2 nitrogen and oxygen atoms in total. The zero-order chi connectivity index (χ0) is 15.5. The van der Waals surface area contributed by atoms with E-state index in [9.17, 15) is 0 Å². The molecule has 3 heteroatoms. The summed E-state index contributed by atoms with van der Waals surface area (Å²) in [5.74, 6) is 0. The second kappa shape index (κ2) is 7.85. The van der Waals surface area contributed by atoms with Crippen molar-refractivity contribution in [2.24, 2.45) is 0 Å². The van der Waals surface area contributed by atoms with Gasteiger partial charge in [-0.15, -0.1) is 12.8 Å². The predicted octanol–water partition coefficient (Wildman–Crippen LogP) is 3.76. The average Bonchev–Trinajstić information content (AvgIpc) is 2.55. The molecule has 0 saturated carbocycles. The van der Waals surface area contributed by atoms with Crippen LogP contribution in [0.15, 0.2) is 54.6 Å². The number of hydrogen-bond donors (Lipinski definition) is 0. The van der Waals surface area contributed by atoms with E-state index in [2.05, 4.69) is 67.1 Å². The Morgan fingerprint density at radius 3 is 1.67 bits per heavy atom. The molecule has 0 atom stereocenters. The van der Waals surface area contributed by atoms with Gasteiger partial charge in [0.1, 0.15) is 0 Å². The van der Waals surface area contributed by atoms with Crippen LogP contribution in [0.5, 0.6) is 0 Å². The van der Waals surface area contributed by atoms with Crippen molar-refractivity contribution in [3.8, 4) is 0 Å². The van der Waals surface area contributed by atoms with E-state index in [4.69, 9.17) is 9.97 Å². The Morgan fingerprint density at radius 2 is 1.12 bits per heavy atom. The third kappa shape index (κ3) is 4.19. The summed E-state index contributed by atoms with van der Waals surface area (Å²) >= 11 is 0. The van der Waals surface area contributed by atoms with Crippen molar-refractivity contribution in [2.75, 3.05) is 0 Å². The molecular weight excluding hydrogens is 475 g/mol. The minimum Gasteiger partial charge on any atom is -0.317 e. The number of pyridine rings is 2. The minimum atomic E-state index is 0. The number of nitrogens with zero attached hydrogens (tertiary/aromatic N) is 2. The Hall–Kier alpha value is -1.79. The monoisotopic (exact) mass is 493 g/mol. The van der Waals surface area contributed by atoms with Gasteiger partial charge < -0.3 is 6.42 Å². The van der Waals surface area contributed by atoms with Crippen molar-refractivity contribution in [3.63, 3.8) is 0 Å². The van der Waals surface area contributed by atoms with E-state index in [1.807, 2.05) is 0 Å². The second-order valence-electron chi connectivity index (χ2n) is 5.99. The van der Waals surface area contributed by atoms with Crippen LogP contribution in [-0.2, 0) is 46.7 Å². The number of aromatic nitrogens is 2. The van der Waals surface area contributed by atoms with Gasteiger partial charge in [0, 0.05) is 22.8 Å². The Labute approximate surface area is 157 Å². The van der Waals surface area contributed by atoms with Gasteiger partial charge in [0.15, 0.2) is 0 Å². The molecule has 1 aliphatic heterocycles. The van der Waals surface area contributed by atoms with Crippen molar-refractivity contribution in [3.05, 3.63) is 101 Å². The first-order valence-electron chi connectivity index (χ1n) is 8.06. The fourth-order valence-corrected chi connectivity index (χ4v) is 3.02. The fraction of sp³-hybridized carbons (Fsp3) is 0.190. The van der Waals surface area contributed by atoms with E-state index in [0.29, 0.717) is 0 Å². The minimum absolute atomic E-state index is 0. The van der Waals surface area contributed by atoms with Crippen LogP contribution in [0.1, 0.15) is 33.9 Å². The van der Waals surface area contributed by atoms with Crippen molar-refractivity contribution in [1.29, 1.82) is 0 Å². The zero-order valence-electron chi connectivity index (χ0n) is 13.3. The Balaban J connectivity index is 0.00000169. The van der Waals surface area contributed by atoms with E-state index in [1.54, 1.807) is 0 Å². The van der Waals surface area contributed by atoms with Gasteiger partial charge in [-0.05, 0) is 37.1 Å². The maximum atomic E-state index is 4.77. The van der Waals surface area contributed by atoms with Crippen LogP contribution in [0.3, 0.4) is 0 Å². The fourth-order valence-electron chi connectivity index (χ4n) is 3.02. The number of hydrogen-bond acceptors (Lipinski definition) is 2. The van der Waals surface area contributed by atoms with Crippen LogP contribution in [-0.4, -0.2) is 9.97 Å². The van der Waals surface area contributed by atoms with Crippen molar-refractivity contribution in [2.45, 2.75) is 25.7 Å². The van der Waals surface area contributed by atoms with E-state index in [-0.39, 0.29) is 21.1 Å². The number of benzene rings is 1. The van der Waals surface area contributed by atoms with Gasteiger partial charge in [-0.3, -0.25) is 9.97 Å². The Bertz CT molecular complexity index is 765. The first-order chi connectivity index (χ1) is 11.3. The van der Waals surface area contributed by atoms with Gasteiger partial charge >= 0.3 is 21.1 Å². The largest absolute Gasteiger partial charge is 2.00 e. The molecule has 2 aromatic heterocycles. The van der Waals surface area contributed by atoms with Gasteiger partial charge in [-0.2, -0.15) is 35.4 Å². The zero-order valence-corrected chi connectivity index (χ0v) is 15.6. The molecule has 122 valence electrons. The molecule has 0 saturated heterocycles. The van der Waals surface area contributed by atoms with Crippen LogP contribution < -0.4 is 0 Å². The molecule has 1 aliphatic rings. The Morgan fingerprint density at radius 1 is 0.667 bits per heavy atom. The second-order valence-corrected chi connectivity index (χ2v) is 5.99. The number of fused-ring (bicyclic) bond motifs is 6. The first kappa shape index (κ1) is 17.0. The van der Waals surface area contributed by atoms with Gasteiger partial charge in [0.25, 0.3) is 0 Å². The van der Waals surface area contributed by atoms with Crippen LogP contribution >= 0.6 is 0 Å². The smallest absolute Gasteiger partial charge is 0.317 e.